The Kier molecular flexibility index (Phi) is 5.96. The molecule has 0 amide bonds. The van der Waals surface area contributed by atoms with Gasteiger partial charge in [0.2, 0.25) is 0 Å². The molecule has 0 unspecified atom stereocenters. The Hall–Kier alpha value is -6.84. The molecule has 0 radical (unpaired) electrons. The zero-order valence-corrected chi connectivity index (χ0v) is 27.6. The highest BCUT2D eigenvalue weighted by Gasteiger charge is 2.19. The molecule has 11 rings (SSSR count). The Morgan fingerprint density at radius 2 is 0.882 bits per heavy atom. The van der Waals surface area contributed by atoms with Crippen LogP contribution < -0.4 is 0 Å². The van der Waals surface area contributed by atoms with Gasteiger partial charge in [0.1, 0.15) is 11.2 Å². The molecule has 238 valence electrons. The maximum Gasteiger partial charge on any atom is 0.136 e. The molecule has 0 N–H and O–H groups in total. The smallest absolute Gasteiger partial charge is 0.136 e. The Bertz CT molecular complexity index is 3120. The zero-order valence-electron chi connectivity index (χ0n) is 27.6. The van der Waals surface area contributed by atoms with Gasteiger partial charge in [-0.3, -0.25) is 0 Å². The van der Waals surface area contributed by atoms with Crippen molar-refractivity contribution in [2.24, 2.45) is 0 Å². The van der Waals surface area contributed by atoms with Gasteiger partial charge in [0.25, 0.3) is 0 Å². The van der Waals surface area contributed by atoms with Crippen LogP contribution >= 0.6 is 0 Å². The molecule has 8 aromatic carbocycles. The zero-order chi connectivity index (χ0) is 33.5. The van der Waals surface area contributed by atoms with E-state index >= 15 is 0 Å². The molecular weight excluding hydrogens is 621 g/mol. The predicted molar refractivity (Wildman–Crippen MR) is 213 cm³/mol. The third-order valence-electron chi connectivity index (χ3n) is 10.5. The first kappa shape index (κ1) is 28.0. The lowest BCUT2D eigenvalue weighted by Crippen LogP contribution is -1.95. The molecule has 0 spiro atoms. The van der Waals surface area contributed by atoms with Gasteiger partial charge in [-0.15, -0.1) is 0 Å². The van der Waals surface area contributed by atoms with Gasteiger partial charge >= 0.3 is 0 Å². The molecule has 0 aliphatic heterocycles. The molecule has 3 heterocycles. The monoisotopic (exact) mass is 650 g/mol. The van der Waals surface area contributed by atoms with Crippen LogP contribution in [0.2, 0.25) is 0 Å². The molecule has 3 aromatic heterocycles. The van der Waals surface area contributed by atoms with E-state index in [1.165, 1.54) is 65.9 Å². The van der Waals surface area contributed by atoms with E-state index in [1.807, 2.05) is 12.1 Å². The number of nitrogens with zero attached hydrogens (tertiary/aromatic N) is 2. The summed E-state index contributed by atoms with van der Waals surface area (Å²) < 4.78 is 11.1. The van der Waals surface area contributed by atoms with Gasteiger partial charge in [0.05, 0.1) is 22.1 Å². The van der Waals surface area contributed by atoms with Gasteiger partial charge in [0.15, 0.2) is 0 Å². The van der Waals surface area contributed by atoms with Crippen molar-refractivity contribution in [3.8, 4) is 33.6 Å². The fourth-order valence-electron chi connectivity index (χ4n) is 8.25. The third-order valence-corrected chi connectivity index (χ3v) is 10.5. The molecule has 3 heteroatoms. The van der Waals surface area contributed by atoms with Crippen molar-refractivity contribution in [1.29, 1.82) is 0 Å². The Morgan fingerprint density at radius 1 is 0.314 bits per heavy atom. The SMILES string of the molecule is c1ccc(-c2cccc(-n3c4ccccc4c4cc5c(cc43)c3ccccc3n5-c3ccc(-c4cccc5oc6ccccc6c45)cc3)c2)cc1. The number of aromatic nitrogens is 2. The largest absolute Gasteiger partial charge is 0.456 e. The van der Waals surface area contributed by atoms with Crippen molar-refractivity contribution in [1.82, 2.24) is 9.13 Å². The van der Waals surface area contributed by atoms with E-state index in [2.05, 4.69) is 179 Å². The van der Waals surface area contributed by atoms with Crippen LogP contribution in [0.5, 0.6) is 0 Å². The second-order valence-electron chi connectivity index (χ2n) is 13.3. The average molecular weight is 651 g/mol. The van der Waals surface area contributed by atoms with Crippen molar-refractivity contribution in [3.05, 3.63) is 182 Å². The van der Waals surface area contributed by atoms with Crippen LogP contribution in [0.1, 0.15) is 0 Å². The van der Waals surface area contributed by atoms with Gasteiger partial charge in [-0.1, -0.05) is 121 Å². The van der Waals surface area contributed by atoms with Crippen molar-refractivity contribution >= 4 is 65.6 Å². The van der Waals surface area contributed by atoms with E-state index in [4.69, 9.17) is 4.42 Å². The first-order valence-electron chi connectivity index (χ1n) is 17.4. The Labute approximate surface area is 293 Å². The minimum atomic E-state index is 0.912. The van der Waals surface area contributed by atoms with Crippen LogP contribution in [0.3, 0.4) is 0 Å². The number of hydrogen-bond donors (Lipinski definition) is 0. The van der Waals surface area contributed by atoms with Crippen molar-refractivity contribution in [3.63, 3.8) is 0 Å². The minimum absolute atomic E-state index is 0.912. The lowest BCUT2D eigenvalue weighted by molar-refractivity contribution is 0.669. The molecule has 0 bridgehead atoms. The van der Waals surface area contributed by atoms with Crippen LogP contribution in [0.25, 0.3) is 99.2 Å². The molecule has 0 aliphatic carbocycles. The lowest BCUT2D eigenvalue weighted by Gasteiger charge is -2.11. The molecule has 3 nitrogen and oxygen atoms in total. The number of benzene rings is 8. The van der Waals surface area contributed by atoms with Gasteiger partial charge in [0, 0.05) is 43.7 Å². The van der Waals surface area contributed by atoms with E-state index in [-0.39, 0.29) is 0 Å². The topological polar surface area (TPSA) is 23.0 Å². The number of furan rings is 1. The van der Waals surface area contributed by atoms with Crippen LogP contribution in [0, 0.1) is 0 Å². The maximum absolute atomic E-state index is 6.21. The van der Waals surface area contributed by atoms with Gasteiger partial charge in [-0.2, -0.15) is 0 Å². The summed E-state index contributed by atoms with van der Waals surface area (Å²) >= 11 is 0. The van der Waals surface area contributed by atoms with Crippen molar-refractivity contribution < 1.29 is 4.42 Å². The summed E-state index contributed by atoms with van der Waals surface area (Å²) in [6, 6.07) is 65.5. The van der Waals surface area contributed by atoms with Gasteiger partial charge in [-0.05, 0) is 82.9 Å². The summed E-state index contributed by atoms with van der Waals surface area (Å²) in [5.41, 5.74) is 13.7. The summed E-state index contributed by atoms with van der Waals surface area (Å²) in [6.45, 7) is 0. The van der Waals surface area contributed by atoms with Gasteiger partial charge in [-0.25, -0.2) is 0 Å². The molecule has 0 atom stereocenters. The second kappa shape index (κ2) is 10.8. The molecule has 0 aliphatic rings. The van der Waals surface area contributed by atoms with Crippen LogP contribution in [0.4, 0.5) is 0 Å². The second-order valence-corrected chi connectivity index (χ2v) is 13.3. The Balaban J connectivity index is 1.12. The maximum atomic E-state index is 6.21. The van der Waals surface area contributed by atoms with E-state index in [9.17, 15) is 0 Å². The molecule has 0 fully saturated rings. The van der Waals surface area contributed by atoms with E-state index in [0.29, 0.717) is 0 Å². The molecular formula is C48H30N2O. The predicted octanol–water partition coefficient (Wildman–Crippen LogP) is 13.1. The first-order chi connectivity index (χ1) is 25.3. The fraction of sp³-hybridized carbons (Fsp3) is 0. The highest BCUT2D eigenvalue weighted by atomic mass is 16.3. The molecule has 0 saturated carbocycles. The quantitative estimate of drug-likeness (QED) is 0.186. The van der Waals surface area contributed by atoms with E-state index in [1.54, 1.807) is 0 Å². The third kappa shape index (κ3) is 4.19. The Morgan fingerprint density at radius 3 is 1.61 bits per heavy atom. The lowest BCUT2D eigenvalue weighted by atomic mass is 9.99. The van der Waals surface area contributed by atoms with Crippen LogP contribution in [0.15, 0.2) is 186 Å². The summed E-state index contributed by atoms with van der Waals surface area (Å²) in [4.78, 5) is 0. The van der Waals surface area contributed by atoms with Gasteiger partial charge < -0.3 is 13.6 Å². The highest BCUT2D eigenvalue weighted by Crippen LogP contribution is 2.41. The molecule has 51 heavy (non-hydrogen) atoms. The number of rotatable bonds is 4. The summed E-state index contributed by atoms with van der Waals surface area (Å²) in [7, 11) is 0. The molecule has 0 saturated heterocycles. The number of para-hydroxylation sites is 3. The first-order valence-corrected chi connectivity index (χ1v) is 17.4. The average Bonchev–Trinajstić information content (AvgIpc) is 3.85. The van der Waals surface area contributed by atoms with Crippen LogP contribution in [-0.4, -0.2) is 9.13 Å². The summed E-state index contributed by atoms with van der Waals surface area (Å²) in [5, 5.41) is 7.26. The normalized spacial score (nSPS) is 11.9. The molecule has 11 aromatic rings. The standard InChI is InChI=1S/C48H30N2O/c1-2-12-31(13-3-1)33-14-10-15-35(28-33)50-43-21-8-5-17-38(43)41-29-44-40(30-45(41)50)37-16-4-7-20-42(37)49(44)34-26-24-32(25-27-34)36-19-11-23-47-48(36)39-18-6-9-22-46(39)51-47/h1-30H. The summed E-state index contributed by atoms with van der Waals surface area (Å²) in [6.07, 6.45) is 0. The minimum Gasteiger partial charge on any atom is -0.456 e. The summed E-state index contributed by atoms with van der Waals surface area (Å²) in [5.74, 6) is 0. The van der Waals surface area contributed by atoms with Crippen molar-refractivity contribution in [2.75, 3.05) is 0 Å². The van der Waals surface area contributed by atoms with Crippen LogP contribution in [-0.2, 0) is 0 Å². The van der Waals surface area contributed by atoms with Crippen molar-refractivity contribution in [2.45, 2.75) is 0 Å². The number of hydrogen-bond acceptors (Lipinski definition) is 1. The fourth-order valence-corrected chi connectivity index (χ4v) is 8.25. The number of fused-ring (bicyclic) bond motifs is 9. The van der Waals surface area contributed by atoms with E-state index < -0.39 is 0 Å². The van der Waals surface area contributed by atoms with E-state index in [0.717, 1.165) is 33.3 Å². The highest BCUT2D eigenvalue weighted by molar-refractivity contribution is 6.19.